The lowest BCUT2D eigenvalue weighted by molar-refractivity contribution is -0.132. The Kier molecular flexibility index (Phi) is 4.35. The van der Waals surface area contributed by atoms with E-state index in [0.717, 1.165) is 13.0 Å². The van der Waals surface area contributed by atoms with Gasteiger partial charge in [-0.15, -0.1) is 0 Å². The Morgan fingerprint density at radius 2 is 2.16 bits per heavy atom. The molecule has 1 amide bonds. The predicted molar refractivity (Wildman–Crippen MR) is 94.0 cm³/mol. The summed E-state index contributed by atoms with van der Waals surface area (Å²) in [6.07, 6.45) is 4.39. The Morgan fingerprint density at radius 1 is 1.36 bits per heavy atom. The number of fused-ring (bicyclic) bond motifs is 1. The minimum atomic E-state index is -2.88. The van der Waals surface area contributed by atoms with Crippen LogP contribution in [0.4, 0.5) is 0 Å². The third-order valence-electron chi connectivity index (χ3n) is 5.79. The van der Waals surface area contributed by atoms with Gasteiger partial charge in [-0.25, -0.2) is 8.42 Å². The molecule has 0 aromatic carbocycles. The minimum Gasteiger partial charge on any atom is -0.338 e. The molecule has 8 heteroatoms. The standard InChI is InChI=1S/C17H26N4O3S/c1-20(13-6-9-25(23,24)11-13)7-5-16(22)21-8-4-15-14(10-21)17(19-18-15)12-2-3-12/h12-13H,2-11H2,1H3,(H,18,19). The van der Waals surface area contributed by atoms with Gasteiger partial charge in [-0.3, -0.25) is 9.89 Å². The molecule has 1 aromatic rings. The summed E-state index contributed by atoms with van der Waals surface area (Å²) >= 11 is 0. The lowest BCUT2D eigenvalue weighted by atomic mass is 10.0. The van der Waals surface area contributed by atoms with Gasteiger partial charge >= 0.3 is 0 Å². The van der Waals surface area contributed by atoms with E-state index in [-0.39, 0.29) is 23.5 Å². The molecule has 1 saturated heterocycles. The molecule has 25 heavy (non-hydrogen) atoms. The van der Waals surface area contributed by atoms with Crippen molar-refractivity contribution in [1.82, 2.24) is 20.0 Å². The largest absolute Gasteiger partial charge is 0.338 e. The quantitative estimate of drug-likeness (QED) is 0.828. The first-order valence-electron chi connectivity index (χ1n) is 9.17. The van der Waals surface area contributed by atoms with E-state index in [0.29, 0.717) is 31.8 Å². The van der Waals surface area contributed by atoms with Gasteiger partial charge in [0.15, 0.2) is 9.84 Å². The Morgan fingerprint density at radius 3 is 2.84 bits per heavy atom. The van der Waals surface area contributed by atoms with Gasteiger partial charge in [-0.05, 0) is 26.3 Å². The van der Waals surface area contributed by atoms with Crippen LogP contribution >= 0.6 is 0 Å². The lowest BCUT2D eigenvalue weighted by Gasteiger charge is -2.29. The third kappa shape index (κ3) is 3.60. The van der Waals surface area contributed by atoms with Crippen LogP contribution in [0.15, 0.2) is 0 Å². The zero-order valence-electron chi connectivity index (χ0n) is 14.7. The van der Waals surface area contributed by atoms with Gasteiger partial charge in [0.25, 0.3) is 0 Å². The summed E-state index contributed by atoms with van der Waals surface area (Å²) in [4.78, 5) is 16.6. The summed E-state index contributed by atoms with van der Waals surface area (Å²) < 4.78 is 23.2. The molecule has 0 bridgehead atoms. The number of rotatable bonds is 5. The number of carbonyl (C=O) groups is 1. The van der Waals surface area contributed by atoms with Gasteiger partial charge in [0.2, 0.25) is 5.91 Å². The molecule has 2 fully saturated rings. The molecule has 1 atom stereocenters. The van der Waals surface area contributed by atoms with Crippen molar-refractivity contribution in [3.8, 4) is 0 Å². The second kappa shape index (κ2) is 6.39. The minimum absolute atomic E-state index is 0.0566. The van der Waals surface area contributed by atoms with Crippen molar-refractivity contribution in [2.24, 2.45) is 0 Å². The van der Waals surface area contributed by atoms with Crippen molar-refractivity contribution in [2.45, 2.75) is 50.6 Å². The molecule has 2 aliphatic heterocycles. The highest BCUT2D eigenvalue weighted by atomic mass is 32.2. The zero-order chi connectivity index (χ0) is 17.6. The highest BCUT2D eigenvalue weighted by molar-refractivity contribution is 7.91. The van der Waals surface area contributed by atoms with E-state index in [2.05, 4.69) is 10.2 Å². The summed E-state index contributed by atoms with van der Waals surface area (Å²) in [5.74, 6) is 1.24. The van der Waals surface area contributed by atoms with Crippen molar-refractivity contribution < 1.29 is 13.2 Å². The van der Waals surface area contributed by atoms with Crippen LogP contribution in [0, 0.1) is 0 Å². The number of nitrogens with one attached hydrogen (secondary N) is 1. The van der Waals surface area contributed by atoms with Crippen molar-refractivity contribution in [3.05, 3.63) is 17.0 Å². The van der Waals surface area contributed by atoms with E-state index in [1.807, 2.05) is 16.8 Å². The fraction of sp³-hybridized carbons (Fsp3) is 0.765. The molecule has 1 unspecified atom stereocenters. The van der Waals surface area contributed by atoms with Crippen LogP contribution in [-0.2, 0) is 27.6 Å². The third-order valence-corrected chi connectivity index (χ3v) is 7.54. The van der Waals surface area contributed by atoms with Gasteiger partial charge in [-0.2, -0.15) is 5.10 Å². The second-order valence-corrected chi connectivity index (χ2v) is 9.92. The van der Waals surface area contributed by atoms with Gasteiger partial charge in [-0.1, -0.05) is 0 Å². The van der Waals surface area contributed by atoms with Crippen molar-refractivity contribution in [1.29, 1.82) is 0 Å². The maximum absolute atomic E-state index is 12.6. The predicted octanol–water partition coefficient (Wildman–Crippen LogP) is 0.681. The first-order chi connectivity index (χ1) is 11.9. The first kappa shape index (κ1) is 17.0. The van der Waals surface area contributed by atoms with Crippen LogP contribution < -0.4 is 0 Å². The summed E-state index contributed by atoms with van der Waals surface area (Å²) in [5, 5.41) is 7.61. The normalized spacial score (nSPS) is 25.4. The Hall–Kier alpha value is -1.41. The van der Waals surface area contributed by atoms with Crippen LogP contribution in [0.25, 0.3) is 0 Å². The molecule has 1 aliphatic carbocycles. The molecule has 7 nitrogen and oxygen atoms in total. The molecule has 3 heterocycles. The Bertz CT molecular complexity index is 769. The number of aromatic nitrogens is 2. The number of sulfone groups is 1. The van der Waals surface area contributed by atoms with Gasteiger partial charge < -0.3 is 9.80 Å². The maximum Gasteiger partial charge on any atom is 0.224 e. The van der Waals surface area contributed by atoms with Crippen LogP contribution in [0.3, 0.4) is 0 Å². The molecule has 1 aromatic heterocycles. The number of amides is 1. The Balaban J connectivity index is 1.32. The molecular weight excluding hydrogens is 340 g/mol. The molecule has 3 aliphatic rings. The maximum atomic E-state index is 12.6. The summed E-state index contributed by atoms with van der Waals surface area (Å²) in [7, 11) is -0.956. The first-order valence-corrected chi connectivity index (χ1v) is 11.0. The van der Waals surface area contributed by atoms with Crippen LogP contribution in [-0.4, -0.2) is 72.0 Å². The number of hydrogen-bond donors (Lipinski definition) is 1. The summed E-state index contributed by atoms with van der Waals surface area (Å²) in [5.41, 5.74) is 3.59. The molecule has 1 N–H and O–H groups in total. The van der Waals surface area contributed by atoms with E-state index < -0.39 is 9.84 Å². The van der Waals surface area contributed by atoms with Crippen LogP contribution in [0.2, 0.25) is 0 Å². The van der Waals surface area contributed by atoms with Gasteiger partial charge in [0, 0.05) is 55.7 Å². The summed E-state index contributed by atoms with van der Waals surface area (Å²) in [6, 6.07) is 0.0566. The smallest absolute Gasteiger partial charge is 0.224 e. The van der Waals surface area contributed by atoms with Gasteiger partial charge in [0.05, 0.1) is 17.2 Å². The molecule has 0 spiro atoms. The van der Waals surface area contributed by atoms with Crippen molar-refractivity contribution >= 4 is 15.7 Å². The summed E-state index contributed by atoms with van der Waals surface area (Å²) in [6.45, 7) is 2.01. The van der Waals surface area contributed by atoms with Gasteiger partial charge in [0.1, 0.15) is 0 Å². The fourth-order valence-corrected chi connectivity index (χ4v) is 5.77. The van der Waals surface area contributed by atoms with Crippen LogP contribution in [0.1, 0.15) is 48.6 Å². The zero-order valence-corrected chi connectivity index (χ0v) is 15.5. The topological polar surface area (TPSA) is 86.4 Å². The van der Waals surface area contributed by atoms with Crippen LogP contribution in [0.5, 0.6) is 0 Å². The molecule has 4 rings (SSSR count). The number of carbonyl (C=O) groups excluding carboxylic acids is 1. The molecule has 138 valence electrons. The molecule has 1 saturated carbocycles. The van der Waals surface area contributed by atoms with E-state index in [1.165, 1.54) is 29.8 Å². The molecule has 0 radical (unpaired) electrons. The number of hydrogen-bond acceptors (Lipinski definition) is 5. The number of nitrogens with zero attached hydrogens (tertiary/aromatic N) is 3. The van der Waals surface area contributed by atoms with E-state index in [4.69, 9.17) is 0 Å². The fourth-order valence-electron chi connectivity index (χ4n) is 3.96. The second-order valence-electron chi connectivity index (χ2n) is 7.69. The van der Waals surface area contributed by atoms with E-state index in [9.17, 15) is 13.2 Å². The average Bonchev–Trinajstić information content (AvgIpc) is 3.24. The van der Waals surface area contributed by atoms with E-state index in [1.54, 1.807) is 0 Å². The highest BCUT2D eigenvalue weighted by Gasteiger charge is 2.34. The molecular formula is C17H26N4O3S. The highest BCUT2D eigenvalue weighted by Crippen LogP contribution is 2.42. The Labute approximate surface area is 148 Å². The monoisotopic (exact) mass is 366 g/mol. The SMILES string of the molecule is CN(CCC(=O)N1CCc2[nH]nc(C3CC3)c2C1)C1CCS(=O)(=O)C1. The number of aromatic amines is 1. The van der Waals surface area contributed by atoms with Crippen molar-refractivity contribution in [2.75, 3.05) is 31.6 Å². The van der Waals surface area contributed by atoms with Crippen molar-refractivity contribution in [3.63, 3.8) is 0 Å². The lowest BCUT2D eigenvalue weighted by Crippen LogP contribution is -2.39. The average molecular weight is 366 g/mol. The van der Waals surface area contributed by atoms with E-state index >= 15 is 0 Å². The number of H-pyrrole nitrogens is 1.